The van der Waals surface area contributed by atoms with Crippen molar-refractivity contribution in [2.24, 2.45) is 0 Å². The van der Waals surface area contributed by atoms with E-state index in [-0.39, 0.29) is 15.5 Å². The van der Waals surface area contributed by atoms with Crippen molar-refractivity contribution >= 4 is 43.0 Å². The number of nitrogens with one attached hydrogen (secondary N) is 2. The summed E-state index contributed by atoms with van der Waals surface area (Å²) in [6.07, 6.45) is 0. The van der Waals surface area contributed by atoms with Crippen molar-refractivity contribution in [2.75, 3.05) is 9.44 Å². The summed E-state index contributed by atoms with van der Waals surface area (Å²) >= 11 is 5.84. The van der Waals surface area contributed by atoms with Gasteiger partial charge in [-0.2, -0.15) is 0 Å². The first kappa shape index (κ1) is 20.1. The van der Waals surface area contributed by atoms with Crippen LogP contribution in [0.25, 0.3) is 0 Å². The maximum atomic E-state index is 13.3. The molecule has 10 heteroatoms. The van der Waals surface area contributed by atoms with Crippen molar-refractivity contribution in [1.29, 1.82) is 0 Å². The minimum Gasteiger partial charge on any atom is -0.280 e. The highest BCUT2D eigenvalue weighted by Crippen LogP contribution is 2.22. The molecule has 0 radical (unpaired) electrons. The van der Waals surface area contributed by atoms with Crippen molar-refractivity contribution in [3.63, 3.8) is 0 Å². The lowest BCUT2D eigenvalue weighted by Gasteiger charge is -2.11. The van der Waals surface area contributed by atoms with Crippen LogP contribution in [0.15, 0.2) is 82.6 Å². The molecule has 0 aliphatic heterocycles. The molecule has 0 heterocycles. The van der Waals surface area contributed by atoms with Crippen LogP contribution < -0.4 is 9.44 Å². The Labute approximate surface area is 167 Å². The Bertz CT molecular complexity index is 1210. The van der Waals surface area contributed by atoms with E-state index in [1.807, 2.05) is 0 Å². The van der Waals surface area contributed by atoms with Crippen molar-refractivity contribution < 1.29 is 21.2 Å². The van der Waals surface area contributed by atoms with Crippen LogP contribution in [0.4, 0.5) is 15.8 Å². The molecule has 3 aromatic rings. The van der Waals surface area contributed by atoms with E-state index in [2.05, 4.69) is 9.44 Å². The number of sulfonamides is 2. The van der Waals surface area contributed by atoms with E-state index in [4.69, 9.17) is 11.6 Å². The molecule has 0 spiro atoms. The summed E-state index contributed by atoms with van der Waals surface area (Å²) in [5.41, 5.74) is 0.425. The predicted molar refractivity (Wildman–Crippen MR) is 106 cm³/mol. The first-order valence-corrected chi connectivity index (χ1v) is 11.2. The summed E-state index contributed by atoms with van der Waals surface area (Å²) in [5.74, 6) is -0.684. The molecule has 0 atom stereocenters. The summed E-state index contributed by atoms with van der Waals surface area (Å²) < 4.78 is 67.3. The van der Waals surface area contributed by atoms with Crippen LogP contribution in [-0.4, -0.2) is 16.8 Å². The third-order valence-electron chi connectivity index (χ3n) is 3.60. The van der Waals surface area contributed by atoms with Gasteiger partial charge in [-0.25, -0.2) is 21.2 Å². The number of benzene rings is 3. The molecule has 0 bridgehead atoms. The zero-order valence-electron chi connectivity index (χ0n) is 14.1. The van der Waals surface area contributed by atoms with E-state index in [0.717, 1.165) is 12.1 Å². The summed E-state index contributed by atoms with van der Waals surface area (Å²) in [4.78, 5) is -0.312. The monoisotopic (exact) mass is 440 g/mol. The lowest BCUT2D eigenvalue weighted by atomic mass is 10.3. The van der Waals surface area contributed by atoms with E-state index in [9.17, 15) is 21.2 Å². The van der Waals surface area contributed by atoms with Gasteiger partial charge in [0.05, 0.1) is 15.5 Å². The van der Waals surface area contributed by atoms with E-state index in [0.29, 0.717) is 10.7 Å². The highest BCUT2D eigenvalue weighted by molar-refractivity contribution is 7.93. The van der Waals surface area contributed by atoms with Crippen LogP contribution in [0.5, 0.6) is 0 Å². The Hall–Kier alpha value is -2.62. The van der Waals surface area contributed by atoms with Crippen LogP contribution in [-0.2, 0) is 20.0 Å². The maximum absolute atomic E-state index is 13.3. The molecular weight excluding hydrogens is 427 g/mol. The lowest BCUT2D eigenvalue weighted by Crippen LogP contribution is -2.14. The Balaban J connectivity index is 1.79. The molecule has 3 aromatic carbocycles. The topological polar surface area (TPSA) is 92.3 Å². The largest absolute Gasteiger partial charge is 0.280 e. The molecule has 3 rings (SSSR count). The number of halogens is 2. The average molecular weight is 441 g/mol. The summed E-state index contributed by atoms with van der Waals surface area (Å²) in [6.45, 7) is 0. The number of rotatable bonds is 6. The zero-order chi connectivity index (χ0) is 20.4. The fourth-order valence-corrected chi connectivity index (χ4v) is 4.65. The highest BCUT2D eigenvalue weighted by atomic mass is 35.5. The first-order chi connectivity index (χ1) is 13.2. The van der Waals surface area contributed by atoms with Gasteiger partial charge in [0.2, 0.25) is 0 Å². The SMILES string of the molecule is O=S(=O)(Nc1cccc(Cl)c1)c1ccc(NS(=O)(=O)c2cccc(F)c2)cc1. The fraction of sp³-hybridized carbons (Fsp3) is 0. The molecule has 6 nitrogen and oxygen atoms in total. The second kappa shape index (κ2) is 7.78. The van der Waals surface area contributed by atoms with Crippen LogP contribution in [0.3, 0.4) is 0 Å². The lowest BCUT2D eigenvalue weighted by molar-refractivity contribution is 0.595. The third kappa shape index (κ3) is 4.80. The second-order valence-electron chi connectivity index (χ2n) is 5.70. The summed E-state index contributed by atoms with van der Waals surface area (Å²) in [5, 5.41) is 0.377. The molecule has 0 aromatic heterocycles. The number of anilines is 2. The van der Waals surface area contributed by atoms with Gasteiger partial charge in [-0.1, -0.05) is 23.7 Å². The zero-order valence-corrected chi connectivity index (χ0v) is 16.5. The van der Waals surface area contributed by atoms with Gasteiger partial charge >= 0.3 is 0 Å². The van der Waals surface area contributed by atoms with Crippen molar-refractivity contribution in [2.45, 2.75) is 9.79 Å². The van der Waals surface area contributed by atoms with E-state index >= 15 is 0 Å². The van der Waals surface area contributed by atoms with Gasteiger partial charge in [-0.3, -0.25) is 9.44 Å². The Morgan fingerprint density at radius 2 is 1.29 bits per heavy atom. The van der Waals surface area contributed by atoms with Crippen LogP contribution >= 0.6 is 11.6 Å². The van der Waals surface area contributed by atoms with Gasteiger partial charge in [0, 0.05) is 10.7 Å². The molecule has 0 fully saturated rings. The van der Waals surface area contributed by atoms with Crippen LogP contribution in [0.1, 0.15) is 0 Å². The molecule has 0 amide bonds. The van der Waals surface area contributed by atoms with Crippen molar-refractivity contribution in [3.8, 4) is 0 Å². The number of hydrogen-bond donors (Lipinski definition) is 2. The van der Waals surface area contributed by atoms with Crippen molar-refractivity contribution in [3.05, 3.63) is 83.6 Å². The maximum Gasteiger partial charge on any atom is 0.261 e. The molecule has 0 saturated carbocycles. The average Bonchev–Trinajstić information content (AvgIpc) is 2.61. The Kier molecular flexibility index (Phi) is 5.59. The number of hydrogen-bond acceptors (Lipinski definition) is 4. The van der Waals surface area contributed by atoms with E-state index < -0.39 is 25.9 Å². The normalized spacial score (nSPS) is 11.8. The summed E-state index contributed by atoms with van der Waals surface area (Å²) in [7, 11) is -7.89. The van der Waals surface area contributed by atoms with Gasteiger partial charge in [0.25, 0.3) is 20.0 Å². The minimum absolute atomic E-state index is 0.0684. The quantitative estimate of drug-likeness (QED) is 0.604. The smallest absolute Gasteiger partial charge is 0.261 e. The van der Waals surface area contributed by atoms with Crippen LogP contribution in [0.2, 0.25) is 5.02 Å². The van der Waals surface area contributed by atoms with Gasteiger partial charge in [-0.15, -0.1) is 0 Å². The Morgan fingerprint density at radius 1 is 0.679 bits per heavy atom. The molecule has 146 valence electrons. The molecule has 0 aliphatic rings. The van der Waals surface area contributed by atoms with Gasteiger partial charge < -0.3 is 0 Å². The molecule has 0 aliphatic carbocycles. The molecule has 0 unspecified atom stereocenters. The van der Waals surface area contributed by atoms with Crippen molar-refractivity contribution in [1.82, 2.24) is 0 Å². The van der Waals surface area contributed by atoms with Gasteiger partial charge in [0.15, 0.2) is 0 Å². The van der Waals surface area contributed by atoms with Crippen LogP contribution in [0, 0.1) is 5.82 Å². The standard InChI is InChI=1S/C18H14ClFN2O4S2/c19-13-3-1-5-16(11-13)22-27(23,24)17-9-7-15(8-10-17)21-28(25,26)18-6-2-4-14(20)12-18/h1-12,21-22H. The summed E-state index contributed by atoms with van der Waals surface area (Å²) in [6, 6.07) is 15.8. The highest BCUT2D eigenvalue weighted by Gasteiger charge is 2.17. The second-order valence-corrected chi connectivity index (χ2v) is 9.50. The first-order valence-electron chi connectivity index (χ1n) is 7.83. The molecule has 2 N–H and O–H groups in total. The van der Waals surface area contributed by atoms with Gasteiger partial charge in [-0.05, 0) is 60.7 Å². The van der Waals surface area contributed by atoms with E-state index in [1.165, 1.54) is 42.5 Å². The molecular formula is C18H14ClFN2O4S2. The van der Waals surface area contributed by atoms with E-state index in [1.54, 1.807) is 18.2 Å². The predicted octanol–water partition coefficient (Wildman–Crippen LogP) is 4.08. The minimum atomic E-state index is -4.01. The third-order valence-corrected chi connectivity index (χ3v) is 6.61. The fourth-order valence-electron chi connectivity index (χ4n) is 2.32. The molecule has 28 heavy (non-hydrogen) atoms. The molecule has 0 saturated heterocycles. The Morgan fingerprint density at radius 3 is 1.93 bits per heavy atom. The van der Waals surface area contributed by atoms with Gasteiger partial charge in [0.1, 0.15) is 5.82 Å².